The van der Waals surface area contributed by atoms with Crippen molar-refractivity contribution in [2.45, 2.75) is 0 Å². The molecule has 4 N–H and O–H groups in total. The van der Waals surface area contributed by atoms with Crippen LogP contribution >= 0.6 is 15.9 Å². The summed E-state index contributed by atoms with van der Waals surface area (Å²) < 4.78 is 14.3. The zero-order valence-corrected chi connectivity index (χ0v) is 11.2. The molecule has 98 valence electrons. The van der Waals surface area contributed by atoms with Crippen LogP contribution in [0.4, 0.5) is 21.5 Å². The Morgan fingerprint density at radius 1 is 1.26 bits per heavy atom. The average molecular weight is 325 g/mol. The molecule has 0 unspecified atom stereocenters. The Morgan fingerprint density at radius 2 is 2.00 bits per heavy atom. The van der Waals surface area contributed by atoms with Crippen LogP contribution in [0.3, 0.4) is 0 Å². The van der Waals surface area contributed by atoms with Crippen molar-refractivity contribution in [2.75, 3.05) is 11.1 Å². The van der Waals surface area contributed by atoms with Crippen molar-refractivity contribution in [3.8, 4) is 0 Å². The van der Waals surface area contributed by atoms with Crippen molar-refractivity contribution in [3.63, 3.8) is 0 Å². The van der Waals surface area contributed by atoms with Gasteiger partial charge in [-0.15, -0.1) is 0 Å². The number of carboxylic acid groups (broad SMARTS) is 1. The maximum atomic E-state index is 13.6. The summed E-state index contributed by atoms with van der Waals surface area (Å²) in [6.07, 6.45) is 0. The summed E-state index contributed by atoms with van der Waals surface area (Å²) in [6.45, 7) is 0. The van der Waals surface area contributed by atoms with E-state index in [9.17, 15) is 9.18 Å². The molecule has 0 spiro atoms. The second-order valence-electron chi connectivity index (χ2n) is 3.86. The minimum Gasteiger partial charge on any atom is -0.478 e. The molecule has 0 aromatic heterocycles. The number of nitrogen functional groups attached to an aromatic ring is 1. The standard InChI is InChI=1S/C13H10BrFN2O2/c14-7-1-3-10(15)12(5-7)17-8-2-4-11(16)9(6-8)13(18)19/h1-6,17H,16H2,(H,18,19). The van der Waals surface area contributed by atoms with Crippen molar-refractivity contribution in [1.82, 2.24) is 0 Å². The summed E-state index contributed by atoms with van der Waals surface area (Å²) in [7, 11) is 0. The van der Waals surface area contributed by atoms with Gasteiger partial charge in [0, 0.05) is 15.8 Å². The van der Waals surface area contributed by atoms with Crippen LogP contribution in [0.1, 0.15) is 10.4 Å². The van der Waals surface area contributed by atoms with Gasteiger partial charge in [0.1, 0.15) is 5.82 Å². The average Bonchev–Trinajstić information content (AvgIpc) is 2.36. The number of rotatable bonds is 3. The Labute approximate surface area is 117 Å². The molecule has 6 heteroatoms. The third-order valence-corrected chi connectivity index (χ3v) is 2.98. The van der Waals surface area contributed by atoms with Gasteiger partial charge in [-0.2, -0.15) is 0 Å². The fourth-order valence-electron chi connectivity index (χ4n) is 1.57. The van der Waals surface area contributed by atoms with Crippen LogP contribution < -0.4 is 11.1 Å². The molecule has 0 aliphatic heterocycles. The molecule has 0 aliphatic rings. The van der Waals surface area contributed by atoms with Crippen LogP contribution in [0, 0.1) is 5.82 Å². The number of benzene rings is 2. The number of aromatic carboxylic acids is 1. The number of anilines is 3. The molecule has 19 heavy (non-hydrogen) atoms. The van der Waals surface area contributed by atoms with Gasteiger partial charge in [-0.25, -0.2) is 9.18 Å². The number of carbonyl (C=O) groups is 1. The van der Waals surface area contributed by atoms with Crippen LogP contribution in [-0.2, 0) is 0 Å². The van der Waals surface area contributed by atoms with Gasteiger partial charge >= 0.3 is 5.97 Å². The van der Waals surface area contributed by atoms with E-state index in [1.165, 1.54) is 18.2 Å². The molecular formula is C13H10BrFN2O2. The second-order valence-corrected chi connectivity index (χ2v) is 4.77. The quantitative estimate of drug-likeness (QED) is 0.754. The molecule has 4 nitrogen and oxygen atoms in total. The maximum absolute atomic E-state index is 13.6. The molecule has 0 atom stereocenters. The van der Waals surface area contributed by atoms with E-state index in [1.54, 1.807) is 18.2 Å². The first kappa shape index (κ1) is 13.4. The van der Waals surface area contributed by atoms with Gasteiger partial charge in [-0.05, 0) is 36.4 Å². The van der Waals surface area contributed by atoms with E-state index < -0.39 is 11.8 Å². The Bertz CT molecular complexity index is 647. The highest BCUT2D eigenvalue weighted by molar-refractivity contribution is 9.10. The highest BCUT2D eigenvalue weighted by atomic mass is 79.9. The van der Waals surface area contributed by atoms with Gasteiger partial charge in [0.05, 0.1) is 11.3 Å². The van der Waals surface area contributed by atoms with Gasteiger partial charge in [-0.1, -0.05) is 15.9 Å². The van der Waals surface area contributed by atoms with Crippen molar-refractivity contribution < 1.29 is 14.3 Å². The lowest BCUT2D eigenvalue weighted by molar-refractivity contribution is 0.0698. The lowest BCUT2D eigenvalue weighted by atomic mass is 10.1. The molecule has 2 rings (SSSR count). The summed E-state index contributed by atoms with van der Waals surface area (Å²) in [6, 6.07) is 8.85. The van der Waals surface area contributed by atoms with Gasteiger partial charge < -0.3 is 16.2 Å². The maximum Gasteiger partial charge on any atom is 0.337 e. The molecule has 0 saturated heterocycles. The summed E-state index contributed by atoms with van der Waals surface area (Å²) in [5.41, 5.74) is 6.37. The Balaban J connectivity index is 2.36. The van der Waals surface area contributed by atoms with Crippen molar-refractivity contribution in [2.24, 2.45) is 0 Å². The Morgan fingerprint density at radius 3 is 2.68 bits per heavy atom. The molecule has 0 fully saturated rings. The first-order valence-corrected chi connectivity index (χ1v) is 6.11. The molecule has 0 heterocycles. The summed E-state index contributed by atoms with van der Waals surface area (Å²) in [5, 5.41) is 11.8. The van der Waals surface area contributed by atoms with E-state index in [1.807, 2.05) is 0 Å². The fourth-order valence-corrected chi connectivity index (χ4v) is 1.93. The zero-order chi connectivity index (χ0) is 14.0. The number of carboxylic acids is 1. The topological polar surface area (TPSA) is 75.3 Å². The van der Waals surface area contributed by atoms with Crippen molar-refractivity contribution >= 4 is 39.0 Å². The third kappa shape index (κ3) is 3.03. The predicted octanol–water partition coefficient (Wildman–Crippen LogP) is 3.61. The monoisotopic (exact) mass is 324 g/mol. The number of halogens is 2. The minimum absolute atomic E-state index is 0.0274. The van der Waals surface area contributed by atoms with E-state index in [-0.39, 0.29) is 16.9 Å². The van der Waals surface area contributed by atoms with Gasteiger partial charge in [0.25, 0.3) is 0 Å². The second kappa shape index (κ2) is 5.27. The molecule has 0 bridgehead atoms. The number of nitrogens with two attached hydrogens (primary N) is 1. The number of hydrogen-bond acceptors (Lipinski definition) is 3. The summed E-state index contributed by atoms with van der Waals surface area (Å²) in [5.74, 6) is -1.56. The van der Waals surface area contributed by atoms with E-state index in [0.717, 1.165) is 0 Å². The van der Waals surface area contributed by atoms with Crippen LogP contribution in [-0.4, -0.2) is 11.1 Å². The first-order chi connectivity index (χ1) is 8.97. The number of hydrogen-bond donors (Lipinski definition) is 3. The summed E-state index contributed by atoms with van der Waals surface area (Å²) >= 11 is 3.24. The smallest absolute Gasteiger partial charge is 0.337 e. The van der Waals surface area contributed by atoms with E-state index in [2.05, 4.69) is 21.2 Å². The van der Waals surface area contributed by atoms with Crippen LogP contribution in [0.2, 0.25) is 0 Å². The van der Waals surface area contributed by atoms with Gasteiger partial charge in [0.15, 0.2) is 0 Å². The Hall–Kier alpha value is -2.08. The third-order valence-electron chi connectivity index (χ3n) is 2.49. The minimum atomic E-state index is -1.13. The predicted molar refractivity (Wildman–Crippen MR) is 75.2 cm³/mol. The van der Waals surface area contributed by atoms with Gasteiger partial charge in [-0.3, -0.25) is 0 Å². The molecule has 0 aliphatic carbocycles. The summed E-state index contributed by atoms with van der Waals surface area (Å²) in [4.78, 5) is 11.0. The normalized spacial score (nSPS) is 10.2. The van der Waals surface area contributed by atoms with Crippen LogP contribution in [0.25, 0.3) is 0 Å². The SMILES string of the molecule is Nc1ccc(Nc2cc(Br)ccc2F)cc1C(=O)O. The Kier molecular flexibility index (Phi) is 3.71. The molecule has 0 saturated carbocycles. The zero-order valence-electron chi connectivity index (χ0n) is 9.65. The first-order valence-electron chi connectivity index (χ1n) is 5.32. The van der Waals surface area contributed by atoms with E-state index in [4.69, 9.17) is 10.8 Å². The largest absolute Gasteiger partial charge is 0.478 e. The highest BCUT2D eigenvalue weighted by Gasteiger charge is 2.10. The molecular weight excluding hydrogens is 315 g/mol. The molecule has 2 aromatic rings. The molecule has 0 radical (unpaired) electrons. The van der Waals surface area contributed by atoms with Gasteiger partial charge in [0.2, 0.25) is 0 Å². The lowest BCUT2D eigenvalue weighted by Gasteiger charge is -2.10. The fraction of sp³-hybridized carbons (Fsp3) is 0. The van der Waals surface area contributed by atoms with E-state index >= 15 is 0 Å². The molecule has 0 amide bonds. The van der Waals surface area contributed by atoms with Crippen molar-refractivity contribution in [1.29, 1.82) is 0 Å². The molecule has 2 aromatic carbocycles. The highest BCUT2D eigenvalue weighted by Crippen LogP contribution is 2.25. The lowest BCUT2D eigenvalue weighted by Crippen LogP contribution is -2.03. The van der Waals surface area contributed by atoms with Crippen LogP contribution in [0.15, 0.2) is 40.9 Å². The number of nitrogens with one attached hydrogen (secondary N) is 1. The van der Waals surface area contributed by atoms with E-state index in [0.29, 0.717) is 10.2 Å². The van der Waals surface area contributed by atoms with Crippen LogP contribution in [0.5, 0.6) is 0 Å². The van der Waals surface area contributed by atoms with Crippen molar-refractivity contribution in [3.05, 3.63) is 52.3 Å².